The Kier molecular flexibility index (Phi) is 5.92. The van der Waals surface area contributed by atoms with Crippen LogP contribution in [0.5, 0.6) is 0 Å². The number of benzene rings is 1. The molecule has 0 aliphatic heterocycles. The van der Waals surface area contributed by atoms with Gasteiger partial charge in [-0.05, 0) is 12.1 Å². The highest BCUT2D eigenvalue weighted by molar-refractivity contribution is 6.35. The Morgan fingerprint density at radius 3 is 2.00 bits per heavy atom. The Balaban J connectivity index is 0.00000180. The third kappa shape index (κ3) is 4.00. The number of nitrogens with zero attached hydrogens (tertiary/aromatic N) is 2. The minimum atomic E-state index is 0. The summed E-state index contributed by atoms with van der Waals surface area (Å²) in [5.41, 5.74) is 2.11. The molecule has 0 saturated heterocycles. The summed E-state index contributed by atoms with van der Waals surface area (Å²) in [7, 11) is 4.04. The molecule has 5 heteroatoms. The van der Waals surface area contributed by atoms with Gasteiger partial charge in [0.2, 0.25) is 0 Å². The lowest BCUT2D eigenvalue weighted by atomic mass is 10.2. The number of rotatable bonds is 3. The van der Waals surface area contributed by atoms with Crippen molar-refractivity contribution in [2.75, 3.05) is 19.0 Å². The molecule has 0 unspecified atom stereocenters. The first kappa shape index (κ1) is 16.1. The fourth-order valence-electron chi connectivity index (χ4n) is 1.72. The van der Waals surface area contributed by atoms with Gasteiger partial charge in [-0.3, -0.25) is 0 Å². The number of anilines is 1. The van der Waals surface area contributed by atoms with Crippen LogP contribution < -0.4 is 21.9 Å². The Hall–Kier alpha value is -0.960. The Morgan fingerprint density at radius 2 is 1.53 bits per heavy atom. The molecule has 0 spiro atoms. The summed E-state index contributed by atoms with van der Waals surface area (Å²) in [6.07, 6.45) is 4.05. The van der Waals surface area contributed by atoms with Crippen LogP contribution in [0.2, 0.25) is 10.0 Å². The summed E-state index contributed by atoms with van der Waals surface area (Å²) in [6.45, 7) is 0.673. The first-order valence-corrected chi connectivity index (χ1v) is 6.43. The van der Waals surface area contributed by atoms with Crippen molar-refractivity contribution in [3.05, 3.63) is 58.3 Å². The van der Waals surface area contributed by atoms with Gasteiger partial charge in [-0.15, -0.1) is 0 Å². The van der Waals surface area contributed by atoms with E-state index in [4.69, 9.17) is 23.2 Å². The van der Waals surface area contributed by atoms with Gasteiger partial charge >= 0.3 is 0 Å². The lowest BCUT2D eigenvalue weighted by molar-refractivity contribution is -0.688. The van der Waals surface area contributed by atoms with Gasteiger partial charge in [-0.1, -0.05) is 29.3 Å². The van der Waals surface area contributed by atoms with Crippen molar-refractivity contribution in [1.29, 1.82) is 0 Å². The van der Waals surface area contributed by atoms with Gasteiger partial charge in [-0.2, -0.15) is 0 Å². The van der Waals surface area contributed by atoms with Crippen LogP contribution in [0, 0.1) is 0 Å². The van der Waals surface area contributed by atoms with Crippen LogP contribution in [0.1, 0.15) is 5.56 Å². The molecule has 0 fully saturated rings. The van der Waals surface area contributed by atoms with E-state index in [1.54, 1.807) is 0 Å². The summed E-state index contributed by atoms with van der Waals surface area (Å²) in [5.74, 6) is 0. The van der Waals surface area contributed by atoms with Gasteiger partial charge in [0.05, 0.1) is 15.6 Å². The van der Waals surface area contributed by atoms with Crippen molar-refractivity contribution in [3.63, 3.8) is 0 Å². The quantitative estimate of drug-likeness (QED) is 0.743. The number of halogens is 3. The SMILES string of the molecule is CN(C)c1cc[n+](Cc2c(Cl)cccc2Cl)cc1.[Cl-]. The average Bonchev–Trinajstić information content (AvgIpc) is 2.34. The van der Waals surface area contributed by atoms with Crippen LogP contribution in [0.4, 0.5) is 5.69 Å². The molecule has 102 valence electrons. The van der Waals surface area contributed by atoms with Gasteiger partial charge in [0.15, 0.2) is 18.9 Å². The Labute approximate surface area is 130 Å². The van der Waals surface area contributed by atoms with E-state index in [0.717, 1.165) is 11.3 Å². The zero-order chi connectivity index (χ0) is 13.1. The van der Waals surface area contributed by atoms with E-state index in [0.29, 0.717) is 16.6 Å². The largest absolute Gasteiger partial charge is 1.00 e. The molecule has 0 aliphatic rings. The van der Waals surface area contributed by atoms with Gasteiger partial charge in [0.25, 0.3) is 0 Å². The van der Waals surface area contributed by atoms with E-state index in [9.17, 15) is 0 Å². The molecule has 0 saturated carbocycles. The second kappa shape index (κ2) is 6.99. The molecule has 0 bridgehead atoms. The molecule has 2 aromatic rings. The second-order valence-corrected chi connectivity index (χ2v) is 5.14. The maximum atomic E-state index is 6.16. The molecule has 2 rings (SSSR count). The van der Waals surface area contributed by atoms with Gasteiger partial charge in [0, 0.05) is 31.9 Å². The summed E-state index contributed by atoms with van der Waals surface area (Å²) < 4.78 is 2.06. The summed E-state index contributed by atoms with van der Waals surface area (Å²) in [6, 6.07) is 9.69. The van der Waals surface area contributed by atoms with Crippen molar-refractivity contribution in [1.82, 2.24) is 0 Å². The Bertz CT molecular complexity index is 519. The molecule has 1 aromatic heterocycles. The number of pyridine rings is 1. The summed E-state index contributed by atoms with van der Waals surface area (Å²) in [5, 5.41) is 1.40. The highest BCUT2D eigenvalue weighted by Gasteiger charge is 2.11. The molecule has 2 nitrogen and oxygen atoms in total. The summed E-state index contributed by atoms with van der Waals surface area (Å²) >= 11 is 12.3. The monoisotopic (exact) mass is 316 g/mol. The maximum absolute atomic E-state index is 6.16. The van der Waals surface area contributed by atoms with E-state index >= 15 is 0 Å². The van der Waals surface area contributed by atoms with Crippen molar-refractivity contribution >= 4 is 28.9 Å². The number of aromatic nitrogens is 1. The van der Waals surface area contributed by atoms with E-state index in [1.807, 2.05) is 44.7 Å². The minimum Gasteiger partial charge on any atom is -1.00 e. The number of hydrogen-bond donors (Lipinski definition) is 0. The van der Waals surface area contributed by atoms with Crippen molar-refractivity contribution < 1.29 is 17.0 Å². The standard InChI is InChI=1S/C14H15Cl2N2.ClH/c1-17(2)11-6-8-18(9-7-11)10-12-13(15)4-3-5-14(12)16;/h3-9H,10H2,1-2H3;1H/q+1;/p-1. The zero-order valence-corrected chi connectivity index (χ0v) is 13.0. The molecular weight excluding hydrogens is 303 g/mol. The van der Waals surface area contributed by atoms with Crippen LogP contribution >= 0.6 is 23.2 Å². The summed E-state index contributed by atoms with van der Waals surface area (Å²) in [4.78, 5) is 2.06. The van der Waals surface area contributed by atoms with E-state index in [1.165, 1.54) is 0 Å². The first-order chi connectivity index (χ1) is 8.58. The lowest BCUT2D eigenvalue weighted by Gasteiger charge is -2.10. The fourth-order valence-corrected chi connectivity index (χ4v) is 2.24. The van der Waals surface area contributed by atoms with E-state index in [2.05, 4.69) is 21.6 Å². The Morgan fingerprint density at radius 1 is 1.00 bits per heavy atom. The maximum Gasteiger partial charge on any atom is 0.176 e. The minimum absolute atomic E-state index is 0. The topological polar surface area (TPSA) is 7.12 Å². The molecule has 0 radical (unpaired) electrons. The van der Waals surface area contributed by atoms with Gasteiger partial charge < -0.3 is 17.3 Å². The highest BCUT2D eigenvalue weighted by Crippen LogP contribution is 2.23. The molecule has 0 N–H and O–H groups in total. The number of hydrogen-bond acceptors (Lipinski definition) is 1. The normalized spacial score (nSPS) is 9.89. The van der Waals surface area contributed by atoms with Crippen LogP contribution in [-0.4, -0.2) is 14.1 Å². The molecule has 0 atom stereocenters. The predicted octanol–water partition coefficient (Wildman–Crippen LogP) is 0.399. The third-order valence-corrected chi connectivity index (χ3v) is 3.50. The fraction of sp³-hybridized carbons (Fsp3) is 0.214. The predicted molar refractivity (Wildman–Crippen MR) is 76.5 cm³/mol. The second-order valence-electron chi connectivity index (χ2n) is 4.32. The molecular formula is C14H15Cl3N2. The first-order valence-electron chi connectivity index (χ1n) is 5.67. The van der Waals surface area contributed by atoms with E-state index < -0.39 is 0 Å². The van der Waals surface area contributed by atoms with Crippen LogP contribution in [-0.2, 0) is 6.54 Å². The molecule has 1 aromatic carbocycles. The van der Waals surface area contributed by atoms with Gasteiger partial charge in [-0.25, -0.2) is 4.57 Å². The van der Waals surface area contributed by atoms with Crippen molar-refractivity contribution in [2.24, 2.45) is 0 Å². The van der Waals surface area contributed by atoms with Crippen LogP contribution in [0.25, 0.3) is 0 Å². The smallest absolute Gasteiger partial charge is 0.176 e. The van der Waals surface area contributed by atoms with Crippen LogP contribution in [0.3, 0.4) is 0 Å². The molecule has 0 aliphatic carbocycles. The average molecular weight is 318 g/mol. The van der Waals surface area contributed by atoms with Crippen molar-refractivity contribution in [3.8, 4) is 0 Å². The molecule has 19 heavy (non-hydrogen) atoms. The lowest BCUT2D eigenvalue weighted by Crippen LogP contribution is -3.00. The molecule has 1 heterocycles. The zero-order valence-electron chi connectivity index (χ0n) is 10.8. The highest BCUT2D eigenvalue weighted by atomic mass is 35.5. The van der Waals surface area contributed by atoms with E-state index in [-0.39, 0.29) is 12.4 Å². The third-order valence-electron chi connectivity index (χ3n) is 2.79. The van der Waals surface area contributed by atoms with Crippen molar-refractivity contribution in [2.45, 2.75) is 6.54 Å². The van der Waals surface area contributed by atoms with Crippen LogP contribution in [0.15, 0.2) is 42.7 Å². The van der Waals surface area contributed by atoms with Gasteiger partial charge in [0.1, 0.15) is 0 Å². The molecule has 0 amide bonds.